The zero-order valence-electron chi connectivity index (χ0n) is 18.3. The number of aliphatic hydroxyl groups is 1. The van der Waals surface area contributed by atoms with Crippen molar-refractivity contribution in [3.63, 3.8) is 0 Å². The highest BCUT2D eigenvalue weighted by atomic mass is 16.5. The first-order chi connectivity index (χ1) is 15.1. The standard InChI is InChI=1S/C28H28O3/c1-20(12-13-21(2)31-19-18-29)28(22-14-16-23(30-3)17-15-22)26-10-6-4-8-24(26)25-9-5-7-11-27(25)28/h4-17,29H,18-19H2,1-3H3/b20-12+,21-13+. The maximum Gasteiger partial charge on any atom is 0.118 e. The Labute approximate surface area is 184 Å². The fourth-order valence-electron chi connectivity index (χ4n) is 4.66. The third-order valence-corrected chi connectivity index (χ3v) is 6.06. The number of benzene rings is 3. The van der Waals surface area contributed by atoms with E-state index >= 15 is 0 Å². The van der Waals surface area contributed by atoms with E-state index in [4.69, 9.17) is 14.6 Å². The molecule has 0 heterocycles. The van der Waals surface area contributed by atoms with Crippen LogP contribution in [-0.4, -0.2) is 25.4 Å². The van der Waals surface area contributed by atoms with Crippen LogP contribution in [0.4, 0.5) is 0 Å². The summed E-state index contributed by atoms with van der Waals surface area (Å²) in [4.78, 5) is 0. The Morgan fingerprint density at radius 1 is 0.839 bits per heavy atom. The minimum atomic E-state index is -0.410. The van der Waals surface area contributed by atoms with Gasteiger partial charge in [-0.05, 0) is 59.9 Å². The van der Waals surface area contributed by atoms with Crippen LogP contribution in [0.1, 0.15) is 30.5 Å². The molecule has 0 saturated heterocycles. The summed E-state index contributed by atoms with van der Waals surface area (Å²) < 4.78 is 11.0. The average molecular weight is 413 g/mol. The van der Waals surface area contributed by atoms with E-state index in [-0.39, 0.29) is 6.61 Å². The second-order valence-corrected chi connectivity index (χ2v) is 7.77. The predicted molar refractivity (Wildman–Crippen MR) is 125 cm³/mol. The number of hydrogen-bond donors (Lipinski definition) is 1. The normalized spacial score (nSPS) is 14.7. The Morgan fingerprint density at radius 2 is 1.42 bits per heavy atom. The van der Waals surface area contributed by atoms with E-state index in [1.807, 2.05) is 25.1 Å². The summed E-state index contributed by atoms with van der Waals surface area (Å²) >= 11 is 0. The molecular weight excluding hydrogens is 384 g/mol. The zero-order valence-corrected chi connectivity index (χ0v) is 18.3. The first kappa shape index (κ1) is 21.0. The molecule has 1 aliphatic rings. The summed E-state index contributed by atoms with van der Waals surface area (Å²) in [5, 5.41) is 9.04. The van der Waals surface area contributed by atoms with E-state index in [9.17, 15) is 0 Å². The quantitative estimate of drug-likeness (QED) is 0.390. The lowest BCUT2D eigenvalue weighted by molar-refractivity contribution is 0.146. The number of methoxy groups -OCH3 is 1. The van der Waals surface area contributed by atoms with E-state index in [1.54, 1.807) is 7.11 Å². The molecule has 31 heavy (non-hydrogen) atoms. The average Bonchev–Trinajstić information content (AvgIpc) is 3.12. The van der Waals surface area contributed by atoms with Crippen molar-refractivity contribution in [1.82, 2.24) is 0 Å². The Bertz CT molecular complexity index is 1080. The molecule has 0 spiro atoms. The van der Waals surface area contributed by atoms with Crippen LogP contribution in [0.25, 0.3) is 11.1 Å². The molecule has 0 radical (unpaired) electrons. The van der Waals surface area contributed by atoms with Crippen LogP contribution in [0.5, 0.6) is 5.75 Å². The van der Waals surface area contributed by atoms with Gasteiger partial charge in [-0.2, -0.15) is 0 Å². The Morgan fingerprint density at radius 3 is 1.97 bits per heavy atom. The van der Waals surface area contributed by atoms with Crippen molar-refractivity contribution < 1.29 is 14.6 Å². The molecule has 0 amide bonds. The van der Waals surface area contributed by atoms with Crippen molar-refractivity contribution in [1.29, 1.82) is 0 Å². The highest BCUT2D eigenvalue weighted by Crippen LogP contribution is 2.56. The van der Waals surface area contributed by atoms with Gasteiger partial charge in [-0.15, -0.1) is 0 Å². The summed E-state index contributed by atoms with van der Waals surface area (Å²) in [6.07, 6.45) is 4.12. The molecule has 1 N–H and O–H groups in total. The Hall–Kier alpha value is -3.30. The Balaban J connectivity index is 1.97. The van der Waals surface area contributed by atoms with Crippen molar-refractivity contribution in [2.24, 2.45) is 0 Å². The minimum Gasteiger partial charge on any atom is -0.497 e. The minimum absolute atomic E-state index is 0.00438. The van der Waals surface area contributed by atoms with E-state index in [2.05, 4.69) is 73.7 Å². The molecule has 3 heteroatoms. The van der Waals surface area contributed by atoms with Crippen LogP contribution in [-0.2, 0) is 10.2 Å². The number of aliphatic hydroxyl groups excluding tert-OH is 1. The second kappa shape index (κ2) is 8.83. The predicted octanol–water partition coefficient (Wildman–Crippen LogP) is 5.87. The third kappa shape index (κ3) is 3.55. The molecule has 1 aliphatic carbocycles. The highest BCUT2D eigenvalue weighted by molar-refractivity contribution is 5.85. The van der Waals surface area contributed by atoms with Gasteiger partial charge < -0.3 is 14.6 Å². The number of ether oxygens (including phenoxy) is 2. The molecule has 0 saturated carbocycles. The topological polar surface area (TPSA) is 38.7 Å². The van der Waals surface area contributed by atoms with Gasteiger partial charge in [-0.3, -0.25) is 0 Å². The third-order valence-electron chi connectivity index (χ3n) is 6.06. The number of hydrogen-bond acceptors (Lipinski definition) is 3. The van der Waals surface area contributed by atoms with Crippen molar-refractivity contribution in [2.45, 2.75) is 19.3 Å². The van der Waals surface area contributed by atoms with Gasteiger partial charge in [-0.1, -0.05) is 72.3 Å². The van der Waals surface area contributed by atoms with Crippen LogP contribution in [0.2, 0.25) is 0 Å². The monoisotopic (exact) mass is 412 g/mol. The summed E-state index contributed by atoms with van der Waals surface area (Å²) in [7, 11) is 1.69. The zero-order chi connectivity index (χ0) is 21.8. The van der Waals surface area contributed by atoms with Crippen molar-refractivity contribution in [2.75, 3.05) is 20.3 Å². The smallest absolute Gasteiger partial charge is 0.118 e. The lowest BCUT2D eigenvalue weighted by atomic mass is 9.67. The fraction of sp³-hybridized carbons (Fsp3) is 0.214. The Kier molecular flexibility index (Phi) is 5.97. The summed E-state index contributed by atoms with van der Waals surface area (Å²) in [6.45, 7) is 4.39. The maximum atomic E-state index is 9.04. The molecular formula is C28H28O3. The van der Waals surface area contributed by atoms with E-state index in [1.165, 1.54) is 33.4 Å². The molecule has 0 unspecified atom stereocenters. The molecule has 0 atom stereocenters. The molecule has 0 aromatic heterocycles. The largest absolute Gasteiger partial charge is 0.497 e. The van der Waals surface area contributed by atoms with Gasteiger partial charge >= 0.3 is 0 Å². The van der Waals surface area contributed by atoms with Gasteiger partial charge in [0.05, 0.1) is 24.9 Å². The van der Waals surface area contributed by atoms with Crippen molar-refractivity contribution in [3.05, 3.63) is 113 Å². The molecule has 0 aliphatic heterocycles. The van der Waals surface area contributed by atoms with Gasteiger partial charge in [-0.25, -0.2) is 0 Å². The second-order valence-electron chi connectivity index (χ2n) is 7.77. The van der Waals surface area contributed by atoms with Crippen LogP contribution >= 0.6 is 0 Å². The summed E-state index contributed by atoms with van der Waals surface area (Å²) in [5.74, 6) is 1.62. The summed E-state index contributed by atoms with van der Waals surface area (Å²) in [6, 6.07) is 25.7. The van der Waals surface area contributed by atoms with E-state index < -0.39 is 5.41 Å². The molecule has 0 bridgehead atoms. The molecule has 3 aromatic rings. The first-order valence-electron chi connectivity index (χ1n) is 10.6. The molecule has 3 nitrogen and oxygen atoms in total. The van der Waals surface area contributed by atoms with Crippen molar-refractivity contribution >= 4 is 0 Å². The fourth-order valence-corrected chi connectivity index (χ4v) is 4.66. The molecule has 3 aromatic carbocycles. The highest BCUT2D eigenvalue weighted by Gasteiger charge is 2.45. The lowest BCUT2D eigenvalue weighted by Gasteiger charge is -2.34. The number of allylic oxidation sites excluding steroid dienone is 4. The summed E-state index contributed by atoms with van der Waals surface area (Å²) in [5.41, 5.74) is 7.06. The molecule has 158 valence electrons. The number of rotatable bonds is 7. The lowest BCUT2D eigenvalue weighted by Crippen LogP contribution is -2.28. The molecule has 4 rings (SSSR count). The maximum absolute atomic E-state index is 9.04. The first-order valence-corrected chi connectivity index (χ1v) is 10.6. The molecule has 0 fully saturated rings. The van der Waals surface area contributed by atoms with Crippen LogP contribution in [0.15, 0.2) is 96.3 Å². The van der Waals surface area contributed by atoms with E-state index in [0.717, 1.165) is 11.5 Å². The van der Waals surface area contributed by atoms with Gasteiger partial charge in [0.25, 0.3) is 0 Å². The SMILES string of the molecule is COc1ccc(C2(/C(C)=C/C=C(\C)OCCO)c3ccccc3-c3ccccc32)cc1. The van der Waals surface area contributed by atoms with Gasteiger partial charge in [0.2, 0.25) is 0 Å². The van der Waals surface area contributed by atoms with Crippen molar-refractivity contribution in [3.8, 4) is 16.9 Å². The van der Waals surface area contributed by atoms with Gasteiger partial charge in [0, 0.05) is 0 Å². The van der Waals surface area contributed by atoms with Crippen LogP contribution in [0, 0.1) is 0 Å². The number of fused-ring (bicyclic) bond motifs is 3. The van der Waals surface area contributed by atoms with Crippen LogP contribution in [0.3, 0.4) is 0 Å². The van der Waals surface area contributed by atoms with Gasteiger partial charge in [0.15, 0.2) is 0 Å². The van der Waals surface area contributed by atoms with Crippen LogP contribution < -0.4 is 4.74 Å². The van der Waals surface area contributed by atoms with E-state index in [0.29, 0.717) is 6.61 Å². The van der Waals surface area contributed by atoms with Gasteiger partial charge in [0.1, 0.15) is 12.4 Å².